The van der Waals surface area contributed by atoms with E-state index in [0.29, 0.717) is 12.3 Å². The highest BCUT2D eigenvalue weighted by Crippen LogP contribution is 2.17. The molecule has 1 aromatic heterocycles. The van der Waals surface area contributed by atoms with Gasteiger partial charge in [0.05, 0.1) is 19.4 Å². The maximum Gasteiger partial charge on any atom is 0.242 e. The number of furan rings is 1. The Morgan fingerprint density at radius 2 is 2.00 bits per heavy atom. The zero-order chi connectivity index (χ0) is 16.7. The third-order valence-corrected chi connectivity index (χ3v) is 3.46. The number of hydrogen-bond acceptors (Lipinski definition) is 5. The first-order valence-corrected chi connectivity index (χ1v) is 7.40. The number of methoxy groups -OCH3 is 1. The Bertz CT molecular complexity index is 592. The summed E-state index contributed by atoms with van der Waals surface area (Å²) in [5.74, 6) is 0.137. The normalized spacial score (nSPS) is 13.0. The van der Waals surface area contributed by atoms with Gasteiger partial charge in [-0.2, -0.15) is 0 Å². The molecule has 0 saturated carbocycles. The molecule has 0 radical (unpaired) electrons. The van der Waals surface area contributed by atoms with Crippen molar-refractivity contribution in [2.45, 2.75) is 18.7 Å². The van der Waals surface area contributed by atoms with Gasteiger partial charge in [0.25, 0.3) is 0 Å². The molecule has 24 heavy (non-hydrogen) atoms. The van der Waals surface area contributed by atoms with Gasteiger partial charge in [0.2, 0.25) is 5.91 Å². The fourth-order valence-electron chi connectivity index (χ4n) is 2.30. The predicted molar refractivity (Wildman–Crippen MR) is 92.6 cm³/mol. The topological polar surface area (TPSA) is 88.9 Å². The highest BCUT2D eigenvalue weighted by molar-refractivity contribution is 5.85. The van der Waals surface area contributed by atoms with E-state index >= 15 is 0 Å². The van der Waals surface area contributed by atoms with Crippen molar-refractivity contribution < 1.29 is 19.1 Å². The summed E-state index contributed by atoms with van der Waals surface area (Å²) in [6.07, 6.45) is 0.575. The van der Waals surface area contributed by atoms with Crippen LogP contribution in [0, 0.1) is 0 Å². The van der Waals surface area contributed by atoms with Gasteiger partial charge in [-0.05, 0) is 17.7 Å². The minimum atomic E-state index is -0.910. The molecule has 2 unspecified atom stereocenters. The zero-order valence-corrected chi connectivity index (χ0v) is 14.3. The average molecular weight is 355 g/mol. The summed E-state index contributed by atoms with van der Waals surface area (Å²) in [5, 5.41) is 10.3. The Morgan fingerprint density at radius 1 is 1.29 bits per heavy atom. The van der Waals surface area contributed by atoms with Crippen LogP contribution in [0.1, 0.15) is 17.4 Å². The van der Waals surface area contributed by atoms with Crippen LogP contribution < -0.4 is 5.73 Å². The maximum atomic E-state index is 12.5. The number of halogens is 1. The fraction of sp³-hybridized carbons (Fsp3) is 0.353. The van der Waals surface area contributed by atoms with E-state index in [-0.39, 0.29) is 31.5 Å². The van der Waals surface area contributed by atoms with Crippen molar-refractivity contribution in [2.75, 3.05) is 20.3 Å². The molecule has 6 nitrogen and oxygen atoms in total. The number of benzene rings is 1. The first kappa shape index (κ1) is 20.2. The van der Waals surface area contributed by atoms with E-state index < -0.39 is 12.1 Å². The van der Waals surface area contributed by atoms with Crippen LogP contribution in [0.25, 0.3) is 0 Å². The molecule has 0 fully saturated rings. The van der Waals surface area contributed by atoms with Crippen LogP contribution in [0.4, 0.5) is 0 Å². The Hall–Kier alpha value is -1.86. The van der Waals surface area contributed by atoms with Crippen molar-refractivity contribution in [1.82, 2.24) is 4.90 Å². The average Bonchev–Trinajstić information content (AvgIpc) is 3.09. The van der Waals surface area contributed by atoms with Crippen molar-refractivity contribution in [3.63, 3.8) is 0 Å². The van der Waals surface area contributed by atoms with Crippen molar-refractivity contribution in [3.8, 4) is 0 Å². The quantitative estimate of drug-likeness (QED) is 0.753. The van der Waals surface area contributed by atoms with Gasteiger partial charge in [-0.15, -0.1) is 12.4 Å². The third kappa shape index (κ3) is 5.65. The van der Waals surface area contributed by atoms with Gasteiger partial charge in [0, 0.05) is 13.7 Å². The minimum absolute atomic E-state index is 0. The monoisotopic (exact) mass is 354 g/mol. The van der Waals surface area contributed by atoms with Crippen molar-refractivity contribution in [3.05, 3.63) is 60.1 Å². The number of nitrogens with two attached hydrogens (primary N) is 1. The second kappa shape index (κ2) is 10.1. The number of nitrogens with zero attached hydrogens (tertiary/aromatic N) is 1. The lowest BCUT2D eigenvalue weighted by atomic mass is 10.1. The molecule has 0 bridgehead atoms. The molecule has 0 aliphatic carbocycles. The molecular formula is C17H23ClN2O4. The summed E-state index contributed by atoms with van der Waals surface area (Å²) >= 11 is 0. The Morgan fingerprint density at radius 3 is 2.58 bits per heavy atom. The summed E-state index contributed by atoms with van der Waals surface area (Å²) < 4.78 is 10.1. The van der Waals surface area contributed by atoms with Crippen LogP contribution in [0.5, 0.6) is 0 Å². The molecule has 7 heteroatoms. The third-order valence-electron chi connectivity index (χ3n) is 3.46. The zero-order valence-electron chi connectivity index (χ0n) is 13.5. The molecule has 0 saturated heterocycles. The highest BCUT2D eigenvalue weighted by atomic mass is 35.5. The Balaban J connectivity index is 0.00000288. The summed E-state index contributed by atoms with van der Waals surface area (Å²) in [5.41, 5.74) is 6.81. The standard InChI is InChI=1S/C17H22N2O4.ClH/c1-22-12-14(18)17(21)19(10-13-6-3-2-4-7-13)11-15(20)16-8-5-9-23-16;/h2-9,14-15,20H,10-12,18H2,1H3;1H. The van der Waals surface area contributed by atoms with Gasteiger partial charge in [-0.1, -0.05) is 30.3 Å². The molecular weight excluding hydrogens is 332 g/mol. The van der Waals surface area contributed by atoms with Gasteiger partial charge < -0.3 is 24.9 Å². The van der Waals surface area contributed by atoms with E-state index in [9.17, 15) is 9.90 Å². The second-order valence-corrected chi connectivity index (χ2v) is 5.30. The van der Waals surface area contributed by atoms with Crippen LogP contribution >= 0.6 is 12.4 Å². The van der Waals surface area contributed by atoms with Crippen LogP contribution in [-0.2, 0) is 16.1 Å². The number of carbonyl (C=O) groups excluding carboxylic acids is 1. The summed E-state index contributed by atoms with van der Waals surface area (Å²) in [4.78, 5) is 14.0. The van der Waals surface area contributed by atoms with Crippen molar-refractivity contribution in [2.24, 2.45) is 5.73 Å². The Labute approximate surface area is 147 Å². The number of carbonyl (C=O) groups is 1. The molecule has 1 heterocycles. The molecule has 2 aromatic rings. The van der Waals surface area contributed by atoms with Crippen LogP contribution in [0.3, 0.4) is 0 Å². The van der Waals surface area contributed by atoms with E-state index in [1.807, 2.05) is 30.3 Å². The number of amides is 1. The molecule has 132 valence electrons. The summed E-state index contributed by atoms with van der Waals surface area (Å²) in [6.45, 7) is 0.578. The van der Waals surface area contributed by atoms with Gasteiger partial charge in [0.15, 0.2) is 0 Å². The summed E-state index contributed by atoms with van der Waals surface area (Å²) in [6, 6.07) is 12.1. The molecule has 0 aliphatic rings. The highest BCUT2D eigenvalue weighted by Gasteiger charge is 2.25. The molecule has 3 N–H and O–H groups in total. The molecule has 0 spiro atoms. The SMILES string of the molecule is COCC(N)C(=O)N(Cc1ccccc1)CC(O)c1ccco1.Cl. The summed E-state index contributed by atoms with van der Waals surface area (Å²) in [7, 11) is 1.49. The lowest BCUT2D eigenvalue weighted by Crippen LogP contribution is -2.47. The molecule has 0 aliphatic heterocycles. The van der Waals surface area contributed by atoms with Crippen LogP contribution in [0.2, 0.25) is 0 Å². The van der Waals surface area contributed by atoms with Crippen molar-refractivity contribution in [1.29, 1.82) is 0 Å². The number of aliphatic hydroxyl groups is 1. The fourth-order valence-corrected chi connectivity index (χ4v) is 2.30. The first-order chi connectivity index (χ1) is 11.1. The smallest absolute Gasteiger partial charge is 0.242 e. The molecule has 1 amide bonds. The van der Waals surface area contributed by atoms with Gasteiger partial charge in [0.1, 0.15) is 17.9 Å². The van der Waals surface area contributed by atoms with E-state index in [2.05, 4.69) is 0 Å². The lowest BCUT2D eigenvalue weighted by Gasteiger charge is -2.27. The van der Waals surface area contributed by atoms with E-state index in [1.165, 1.54) is 18.3 Å². The molecule has 2 atom stereocenters. The molecule has 1 aromatic carbocycles. The van der Waals surface area contributed by atoms with Crippen LogP contribution in [0.15, 0.2) is 53.1 Å². The van der Waals surface area contributed by atoms with E-state index in [0.717, 1.165) is 5.56 Å². The predicted octanol–water partition coefficient (Wildman–Crippen LogP) is 1.74. The molecule has 2 rings (SSSR count). The minimum Gasteiger partial charge on any atom is -0.467 e. The number of ether oxygens (including phenoxy) is 1. The van der Waals surface area contributed by atoms with Crippen molar-refractivity contribution >= 4 is 18.3 Å². The van der Waals surface area contributed by atoms with Crippen LogP contribution in [-0.4, -0.2) is 42.2 Å². The maximum absolute atomic E-state index is 12.5. The lowest BCUT2D eigenvalue weighted by molar-refractivity contribution is -0.136. The second-order valence-electron chi connectivity index (χ2n) is 5.30. The number of aliphatic hydroxyl groups excluding tert-OH is 1. The van der Waals surface area contributed by atoms with E-state index in [1.54, 1.807) is 12.1 Å². The first-order valence-electron chi connectivity index (χ1n) is 7.40. The van der Waals surface area contributed by atoms with Gasteiger partial charge in [-0.25, -0.2) is 0 Å². The van der Waals surface area contributed by atoms with Gasteiger partial charge >= 0.3 is 0 Å². The van der Waals surface area contributed by atoms with E-state index in [4.69, 9.17) is 14.9 Å². The van der Waals surface area contributed by atoms with Gasteiger partial charge in [-0.3, -0.25) is 4.79 Å². The number of rotatable bonds is 8. The largest absolute Gasteiger partial charge is 0.467 e. The Kier molecular flexibility index (Phi) is 8.49. The number of hydrogen-bond donors (Lipinski definition) is 2.